The topological polar surface area (TPSA) is 78.5 Å². The summed E-state index contributed by atoms with van der Waals surface area (Å²) >= 11 is 6.44. The Bertz CT molecular complexity index is 631. The van der Waals surface area contributed by atoms with Crippen molar-refractivity contribution < 1.29 is 13.2 Å². The van der Waals surface area contributed by atoms with Gasteiger partial charge in [0.1, 0.15) is 0 Å². The molecular weight excluding hydrogens is 426 g/mol. The molecule has 0 atom stereocenters. The molecule has 1 amide bonds. The van der Waals surface area contributed by atoms with Crippen LogP contribution in [0.5, 0.6) is 0 Å². The number of benzene rings is 1. The molecule has 1 aliphatic heterocycles. The van der Waals surface area contributed by atoms with E-state index >= 15 is 0 Å². The van der Waals surface area contributed by atoms with E-state index in [9.17, 15) is 13.2 Å². The van der Waals surface area contributed by atoms with Crippen LogP contribution in [0.2, 0.25) is 0 Å². The van der Waals surface area contributed by atoms with Gasteiger partial charge in [-0.1, -0.05) is 15.9 Å². The molecule has 0 spiro atoms. The van der Waals surface area contributed by atoms with Gasteiger partial charge in [-0.25, -0.2) is 13.1 Å². The van der Waals surface area contributed by atoms with Gasteiger partial charge in [0, 0.05) is 35.1 Å². The summed E-state index contributed by atoms with van der Waals surface area (Å²) in [5.74, 6) is -0.216. The monoisotopic (exact) mass is 439 g/mol. The molecule has 116 valence electrons. The number of halogens is 2. The Kier molecular flexibility index (Phi) is 5.78. The van der Waals surface area contributed by atoms with Crippen LogP contribution in [0.3, 0.4) is 0 Å². The highest BCUT2D eigenvalue weighted by Crippen LogP contribution is 2.25. The zero-order valence-corrected chi connectivity index (χ0v) is 15.1. The second-order valence-electron chi connectivity index (χ2n) is 4.53. The van der Waals surface area contributed by atoms with Gasteiger partial charge < -0.3 is 10.2 Å². The lowest BCUT2D eigenvalue weighted by Crippen LogP contribution is -2.49. The average molecular weight is 441 g/mol. The number of amides is 1. The van der Waals surface area contributed by atoms with Crippen LogP contribution in [-0.4, -0.2) is 51.9 Å². The van der Waals surface area contributed by atoms with Crippen molar-refractivity contribution in [3.05, 3.63) is 27.1 Å². The van der Waals surface area contributed by atoms with Gasteiger partial charge in [0.2, 0.25) is 15.9 Å². The molecule has 0 aliphatic carbocycles. The summed E-state index contributed by atoms with van der Waals surface area (Å²) in [7, 11) is -3.74. The predicted octanol–water partition coefficient (Wildman–Crippen LogP) is 0.922. The van der Waals surface area contributed by atoms with Crippen LogP contribution in [-0.2, 0) is 14.8 Å². The van der Waals surface area contributed by atoms with E-state index in [4.69, 9.17) is 0 Å². The summed E-state index contributed by atoms with van der Waals surface area (Å²) < 4.78 is 27.9. The highest BCUT2D eigenvalue weighted by atomic mass is 79.9. The number of carbonyl (C=O) groups excluding carboxylic acids is 1. The third-order valence-electron chi connectivity index (χ3n) is 3.07. The third-order valence-corrected chi connectivity index (χ3v) is 5.95. The van der Waals surface area contributed by atoms with E-state index in [0.29, 0.717) is 22.0 Å². The van der Waals surface area contributed by atoms with Crippen LogP contribution in [0.4, 0.5) is 0 Å². The van der Waals surface area contributed by atoms with Crippen LogP contribution in [0.15, 0.2) is 32.0 Å². The zero-order chi connectivity index (χ0) is 15.5. The number of hydrogen-bond acceptors (Lipinski definition) is 4. The lowest BCUT2D eigenvalue weighted by atomic mass is 10.3. The van der Waals surface area contributed by atoms with Gasteiger partial charge in [0.25, 0.3) is 0 Å². The second kappa shape index (κ2) is 7.19. The van der Waals surface area contributed by atoms with E-state index in [1.807, 2.05) is 0 Å². The molecule has 0 bridgehead atoms. The van der Waals surface area contributed by atoms with Crippen LogP contribution < -0.4 is 10.0 Å². The SMILES string of the molecule is O=C(CNS(=O)(=O)c1cc(Br)ccc1Br)N1CCNCC1. The summed E-state index contributed by atoms with van der Waals surface area (Å²) in [6.07, 6.45) is 0. The van der Waals surface area contributed by atoms with E-state index in [-0.39, 0.29) is 17.3 Å². The van der Waals surface area contributed by atoms with Crippen LogP contribution in [0, 0.1) is 0 Å². The van der Waals surface area contributed by atoms with Crippen molar-refractivity contribution in [2.75, 3.05) is 32.7 Å². The lowest BCUT2D eigenvalue weighted by molar-refractivity contribution is -0.130. The number of carbonyl (C=O) groups is 1. The molecule has 0 radical (unpaired) electrons. The van der Waals surface area contributed by atoms with E-state index in [1.165, 1.54) is 6.07 Å². The summed E-state index contributed by atoms with van der Waals surface area (Å²) in [6, 6.07) is 4.85. The van der Waals surface area contributed by atoms with Crippen molar-refractivity contribution in [2.45, 2.75) is 4.90 Å². The molecule has 0 unspecified atom stereocenters. The van der Waals surface area contributed by atoms with Crippen LogP contribution >= 0.6 is 31.9 Å². The minimum Gasteiger partial charge on any atom is -0.339 e. The minimum absolute atomic E-state index is 0.102. The van der Waals surface area contributed by atoms with Gasteiger partial charge in [0.05, 0.1) is 11.4 Å². The van der Waals surface area contributed by atoms with Crippen molar-refractivity contribution in [3.63, 3.8) is 0 Å². The fourth-order valence-corrected chi connectivity index (χ4v) is 4.42. The second-order valence-corrected chi connectivity index (χ2v) is 8.04. The van der Waals surface area contributed by atoms with E-state index in [0.717, 1.165) is 13.1 Å². The van der Waals surface area contributed by atoms with E-state index < -0.39 is 10.0 Å². The molecule has 9 heteroatoms. The van der Waals surface area contributed by atoms with Crippen molar-refractivity contribution in [3.8, 4) is 0 Å². The fourth-order valence-electron chi connectivity index (χ4n) is 1.94. The number of hydrogen-bond donors (Lipinski definition) is 2. The van der Waals surface area contributed by atoms with E-state index in [1.54, 1.807) is 17.0 Å². The molecule has 1 saturated heterocycles. The van der Waals surface area contributed by atoms with Crippen molar-refractivity contribution in [2.24, 2.45) is 0 Å². The molecular formula is C12H15Br2N3O3S. The van der Waals surface area contributed by atoms with Crippen molar-refractivity contribution in [1.29, 1.82) is 0 Å². The van der Waals surface area contributed by atoms with Gasteiger partial charge in [-0.05, 0) is 34.1 Å². The number of rotatable bonds is 4. The smallest absolute Gasteiger partial charge is 0.242 e. The maximum absolute atomic E-state index is 12.2. The molecule has 2 N–H and O–H groups in total. The van der Waals surface area contributed by atoms with E-state index in [2.05, 4.69) is 41.9 Å². The molecule has 1 fully saturated rings. The Hall–Kier alpha value is -0.480. The maximum atomic E-state index is 12.2. The minimum atomic E-state index is -3.74. The standard InChI is InChI=1S/C12H15Br2N3O3S/c13-9-1-2-10(14)11(7-9)21(19,20)16-8-12(18)17-5-3-15-4-6-17/h1-2,7,15-16H,3-6,8H2. The van der Waals surface area contributed by atoms with Crippen molar-refractivity contribution >= 4 is 47.8 Å². The number of piperazine rings is 1. The molecule has 1 aromatic rings. The first-order chi connectivity index (χ1) is 9.90. The molecule has 6 nitrogen and oxygen atoms in total. The highest BCUT2D eigenvalue weighted by molar-refractivity contribution is 9.11. The molecule has 0 aromatic heterocycles. The Balaban J connectivity index is 2.04. The first-order valence-corrected chi connectivity index (χ1v) is 9.40. The van der Waals surface area contributed by atoms with Crippen LogP contribution in [0.1, 0.15) is 0 Å². The first kappa shape index (κ1) is 16.9. The molecule has 1 aliphatic rings. The normalized spacial score (nSPS) is 16.0. The molecule has 21 heavy (non-hydrogen) atoms. The molecule has 2 rings (SSSR count). The summed E-state index contributed by atoms with van der Waals surface area (Å²) in [4.78, 5) is 13.7. The molecule has 0 saturated carbocycles. The zero-order valence-electron chi connectivity index (χ0n) is 11.1. The summed E-state index contributed by atoms with van der Waals surface area (Å²) in [6.45, 7) is 2.43. The number of sulfonamides is 1. The number of nitrogens with one attached hydrogen (secondary N) is 2. The van der Waals surface area contributed by atoms with Gasteiger partial charge in [0.15, 0.2) is 0 Å². The Morgan fingerprint density at radius 2 is 1.95 bits per heavy atom. The van der Waals surface area contributed by atoms with Gasteiger partial charge in [-0.3, -0.25) is 4.79 Å². The van der Waals surface area contributed by atoms with Crippen molar-refractivity contribution in [1.82, 2.24) is 14.9 Å². The Morgan fingerprint density at radius 3 is 2.62 bits per heavy atom. The summed E-state index contributed by atoms with van der Waals surface area (Å²) in [5, 5.41) is 3.14. The van der Waals surface area contributed by atoms with Crippen LogP contribution in [0.25, 0.3) is 0 Å². The molecule has 1 heterocycles. The van der Waals surface area contributed by atoms with Gasteiger partial charge >= 0.3 is 0 Å². The van der Waals surface area contributed by atoms with Gasteiger partial charge in [-0.15, -0.1) is 0 Å². The first-order valence-electron chi connectivity index (χ1n) is 6.33. The number of nitrogens with zero attached hydrogens (tertiary/aromatic N) is 1. The quantitative estimate of drug-likeness (QED) is 0.729. The third kappa shape index (κ3) is 4.49. The Morgan fingerprint density at radius 1 is 1.29 bits per heavy atom. The Labute approximate surface area is 140 Å². The maximum Gasteiger partial charge on any atom is 0.242 e. The lowest BCUT2D eigenvalue weighted by Gasteiger charge is -2.27. The van der Waals surface area contributed by atoms with Gasteiger partial charge in [-0.2, -0.15) is 0 Å². The largest absolute Gasteiger partial charge is 0.339 e. The highest BCUT2D eigenvalue weighted by Gasteiger charge is 2.22. The predicted molar refractivity (Wildman–Crippen MR) is 86.5 cm³/mol. The summed E-state index contributed by atoms with van der Waals surface area (Å²) in [5.41, 5.74) is 0. The fraction of sp³-hybridized carbons (Fsp3) is 0.417. The average Bonchev–Trinajstić information content (AvgIpc) is 2.48. The molecule has 1 aromatic carbocycles.